The van der Waals surface area contributed by atoms with Crippen molar-refractivity contribution in [3.63, 3.8) is 0 Å². The fourth-order valence-electron chi connectivity index (χ4n) is 1.50. The van der Waals surface area contributed by atoms with Gasteiger partial charge in [-0.15, -0.1) is 0 Å². The first kappa shape index (κ1) is 14.4. The predicted molar refractivity (Wildman–Crippen MR) is 60.4 cm³/mol. The van der Waals surface area contributed by atoms with Gasteiger partial charge in [-0.1, -0.05) is 34.6 Å². The van der Waals surface area contributed by atoms with Crippen molar-refractivity contribution >= 4 is 5.97 Å². The van der Waals surface area contributed by atoms with Gasteiger partial charge in [0.25, 0.3) is 0 Å². The third-order valence-electron chi connectivity index (χ3n) is 2.28. The SMILES string of the molecule is CC(C)C(CC(C)(C)C)C(=O)OCCO. The van der Waals surface area contributed by atoms with Gasteiger partial charge in [0.1, 0.15) is 6.61 Å². The third kappa shape index (κ3) is 6.50. The van der Waals surface area contributed by atoms with Crippen LogP contribution in [-0.2, 0) is 9.53 Å². The van der Waals surface area contributed by atoms with Gasteiger partial charge in [-0.2, -0.15) is 0 Å². The first-order valence-corrected chi connectivity index (χ1v) is 5.55. The standard InChI is InChI=1S/C12H24O3/c1-9(2)10(8-12(3,4)5)11(14)15-7-6-13/h9-10,13H,6-8H2,1-5H3. The molecule has 0 aromatic carbocycles. The summed E-state index contributed by atoms with van der Waals surface area (Å²) in [7, 11) is 0. The number of hydrogen-bond donors (Lipinski definition) is 1. The highest BCUT2D eigenvalue weighted by Crippen LogP contribution is 2.29. The van der Waals surface area contributed by atoms with Gasteiger partial charge in [-0.25, -0.2) is 0 Å². The summed E-state index contributed by atoms with van der Waals surface area (Å²) in [6.45, 7) is 10.4. The van der Waals surface area contributed by atoms with Crippen LogP contribution in [0.3, 0.4) is 0 Å². The smallest absolute Gasteiger partial charge is 0.309 e. The molecule has 90 valence electrons. The molecule has 3 heteroatoms. The molecule has 0 aliphatic carbocycles. The molecule has 0 amide bonds. The number of hydrogen-bond acceptors (Lipinski definition) is 3. The lowest BCUT2D eigenvalue weighted by atomic mass is 9.80. The Kier molecular flexibility index (Phi) is 5.88. The normalized spacial score (nSPS) is 14.1. The van der Waals surface area contributed by atoms with E-state index in [0.717, 1.165) is 6.42 Å². The summed E-state index contributed by atoms with van der Waals surface area (Å²) in [6.07, 6.45) is 0.814. The summed E-state index contributed by atoms with van der Waals surface area (Å²) in [5, 5.41) is 8.59. The number of aliphatic hydroxyl groups excluding tert-OH is 1. The molecule has 0 saturated carbocycles. The Balaban J connectivity index is 4.33. The van der Waals surface area contributed by atoms with Crippen LogP contribution in [0.4, 0.5) is 0 Å². The van der Waals surface area contributed by atoms with E-state index in [9.17, 15) is 4.79 Å². The molecule has 0 aromatic heterocycles. The Hall–Kier alpha value is -0.570. The fraction of sp³-hybridized carbons (Fsp3) is 0.917. The van der Waals surface area contributed by atoms with Crippen LogP contribution in [0.25, 0.3) is 0 Å². The molecule has 1 unspecified atom stereocenters. The molecule has 0 spiro atoms. The van der Waals surface area contributed by atoms with Gasteiger partial charge in [-0.05, 0) is 17.8 Å². The molecular weight excluding hydrogens is 192 g/mol. The monoisotopic (exact) mass is 216 g/mol. The zero-order chi connectivity index (χ0) is 12.1. The molecule has 0 rings (SSSR count). The first-order chi connectivity index (χ1) is 6.78. The number of rotatable bonds is 5. The van der Waals surface area contributed by atoms with Crippen molar-refractivity contribution < 1.29 is 14.6 Å². The Morgan fingerprint density at radius 3 is 2.20 bits per heavy atom. The molecule has 0 saturated heterocycles. The van der Waals surface area contributed by atoms with Crippen molar-refractivity contribution in [2.75, 3.05) is 13.2 Å². The quantitative estimate of drug-likeness (QED) is 0.717. The largest absolute Gasteiger partial charge is 0.463 e. The van der Waals surface area contributed by atoms with E-state index in [2.05, 4.69) is 20.8 Å². The van der Waals surface area contributed by atoms with Crippen molar-refractivity contribution in [2.45, 2.75) is 41.0 Å². The lowest BCUT2D eigenvalue weighted by molar-refractivity contribution is -0.152. The molecule has 0 heterocycles. The van der Waals surface area contributed by atoms with Crippen LogP contribution in [0.15, 0.2) is 0 Å². The lowest BCUT2D eigenvalue weighted by Crippen LogP contribution is -2.28. The maximum Gasteiger partial charge on any atom is 0.309 e. The topological polar surface area (TPSA) is 46.5 Å². The van der Waals surface area contributed by atoms with Crippen LogP contribution >= 0.6 is 0 Å². The maximum atomic E-state index is 11.7. The highest BCUT2D eigenvalue weighted by atomic mass is 16.5. The van der Waals surface area contributed by atoms with E-state index in [0.29, 0.717) is 0 Å². The van der Waals surface area contributed by atoms with Gasteiger partial charge in [0.05, 0.1) is 12.5 Å². The van der Waals surface area contributed by atoms with Crippen LogP contribution in [0.2, 0.25) is 0 Å². The van der Waals surface area contributed by atoms with Gasteiger partial charge < -0.3 is 9.84 Å². The minimum absolute atomic E-state index is 0.0726. The van der Waals surface area contributed by atoms with Gasteiger partial charge in [0, 0.05) is 0 Å². The maximum absolute atomic E-state index is 11.7. The molecular formula is C12H24O3. The Bertz CT molecular complexity index is 192. The summed E-state index contributed by atoms with van der Waals surface area (Å²) in [4.78, 5) is 11.7. The summed E-state index contributed by atoms with van der Waals surface area (Å²) in [5.74, 6) is 0.0148. The molecule has 0 aromatic rings. The number of carbonyl (C=O) groups excluding carboxylic acids is 1. The molecule has 1 N–H and O–H groups in total. The zero-order valence-electron chi connectivity index (χ0n) is 10.5. The highest BCUT2D eigenvalue weighted by Gasteiger charge is 2.28. The van der Waals surface area contributed by atoms with E-state index in [-0.39, 0.29) is 36.4 Å². The average Bonchev–Trinajstić information content (AvgIpc) is 2.08. The second-order valence-electron chi connectivity index (χ2n) is 5.51. The van der Waals surface area contributed by atoms with Crippen molar-refractivity contribution in [2.24, 2.45) is 17.3 Å². The van der Waals surface area contributed by atoms with Crippen LogP contribution in [0.1, 0.15) is 41.0 Å². The minimum atomic E-state index is -0.186. The molecule has 3 nitrogen and oxygen atoms in total. The van der Waals surface area contributed by atoms with Gasteiger partial charge in [-0.3, -0.25) is 4.79 Å². The van der Waals surface area contributed by atoms with Crippen LogP contribution in [0.5, 0.6) is 0 Å². The number of carbonyl (C=O) groups is 1. The van der Waals surface area contributed by atoms with E-state index in [1.165, 1.54) is 0 Å². The molecule has 15 heavy (non-hydrogen) atoms. The second-order valence-corrected chi connectivity index (χ2v) is 5.51. The molecule has 0 radical (unpaired) electrons. The summed E-state index contributed by atoms with van der Waals surface area (Å²) in [6, 6.07) is 0. The number of esters is 1. The fourth-order valence-corrected chi connectivity index (χ4v) is 1.50. The number of aliphatic hydroxyl groups is 1. The Morgan fingerprint density at radius 2 is 1.87 bits per heavy atom. The Labute approximate surface area is 92.8 Å². The van der Waals surface area contributed by atoms with Gasteiger partial charge >= 0.3 is 5.97 Å². The molecule has 0 bridgehead atoms. The Morgan fingerprint density at radius 1 is 1.33 bits per heavy atom. The molecule has 1 atom stereocenters. The molecule has 0 aliphatic rings. The van der Waals surface area contributed by atoms with Gasteiger partial charge in [0.2, 0.25) is 0 Å². The van der Waals surface area contributed by atoms with E-state index in [1.54, 1.807) is 0 Å². The lowest BCUT2D eigenvalue weighted by Gasteiger charge is -2.27. The summed E-state index contributed by atoms with van der Waals surface area (Å²) < 4.78 is 4.97. The average molecular weight is 216 g/mol. The van der Waals surface area contributed by atoms with Crippen molar-refractivity contribution in [3.05, 3.63) is 0 Å². The number of ether oxygens (including phenoxy) is 1. The van der Waals surface area contributed by atoms with Crippen molar-refractivity contribution in [3.8, 4) is 0 Å². The first-order valence-electron chi connectivity index (χ1n) is 5.55. The molecule has 0 aliphatic heterocycles. The van der Waals surface area contributed by atoms with E-state index in [1.807, 2.05) is 13.8 Å². The summed E-state index contributed by atoms with van der Waals surface area (Å²) in [5.41, 5.74) is 0.118. The molecule has 0 fully saturated rings. The zero-order valence-corrected chi connectivity index (χ0v) is 10.5. The highest BCUT2D eigenvalue weighted by molar-refractivity contribution is 5.72. The van der Waals surface area contributed by atoms with Crippen LogP contribution in [0, 0.1) is 17.3 Å². The predicted octanol–water partition coefficient (Wildman–Crippen LogP) is 2.23. The van der Waals surface area contributed by atoms with Crippen molar-refractivity contribution in [1.82, 2.24) is 0 Å². The van der Waals surface area contributed by atoms with Crippen molar-refractivity contribution in [1.29, 1.82) is 0 Å². The van der Waals surface area contributed by atoms with E-state index >= 15 is 0 Å². The second kappa shape index (κ2) is 6.11. The van der Waals surface area contributed by atoms with Gasteiger partial charge in [0.15, 0.2) is 0 Å². The summed E-state index contributed by atoms with van der Waals surface area (Å²) >= 11 is 0. The van der Waals surface area contributed by atoms with E-state index in [4.69, 9.17) is 9.84 Å². The van der Waals surface area contributed by atoms with E-state index < -0.39 is 0 Å². The van der Waals surface area contributed by atoms with Crippen LogP contribution < -0.4 is 0 Å². The minimum Gasteiger partial charge on any atom is -0.463 e. The third-order valence-corrected chi connectivity index (χ3v) is 2.28. The van der Waals surface area contributed by atoms with Crippen LogP contribution in [-0.4, -0.2) is 24.3 Å².